The van der Waals surface area contributed by atoms with E-state index >= 15 is 0 Å². The molecule has 0 saturated carbocycles. The number of carbonyl (C=O) groups excluding carboxylic acids is 3. The van der Waals surface area contributed by atoms with E-state index in [-0.39, 0.29) is 21.7 Å². The van der Waals surface area contributed by atoms with Crippen molar-refractivity contribution in [2.75, 3.05) is 33.4 Å². The SMILES string of the molecule is C[C@H]1[C@H](NC(=O)/C(=N\OC(C)(C)C(=O)OC(CC(=O)O)C[N+](C)(C)C)c2csc(N)n2)C(=O)N1S(=O)(=O)O. The van der Waals surface area contributed by atoms with E-state index in [1.54, 1.807) is 21.1 Å². The number of esters is 1. The first kappa shape index (κ1) is 30.9. The number of β-lactam (4-membered cyclic amide) rings is 1. The number of aliphatic carboxylic acids is 1. The number of nitrogens with two attached hydrogens (primary N) is 1. The van der Waals surface area contributed by atoms with E-state index in [1.165, 1.54) is 26.2 Å². The second kappa shape index (κ2) is 11.2. The normalized spacial score (nSPS) is 19.4. The quantitative estimate of drug-likeness (QED) is 0.0574. The predicted molar refractivity (Wildman–Crippen MR) is 133 cm³/mol. The molecule has 0 aromatic carbocycles. The van der Waals surface area contributed by atoms with Crippen molar-refractivity contribution in [2.45, 2.75) is 51.0 Å². The van der Waals surface area contributed by atoms with E-state index in [9.17, 15) is 32.7 Å². The highest BCUT2D eigenvalue weighted by Gasteiger charge is 2.51. The third kappa shape index (κ3) is 7.83. The Morgan fingerprint density at radius 2 is 1.95 bits per heavy atom. The highest BCUT2D eigenvalue weighted by atomic mass is 32.2. The van der Waals surface area contributed by atoms with Gasteiger partial charge in [0.05, 0.1) is 33.6 Å². The average Bonchev–Trinajstić information content (AvgIpc) is 3.15. The second-order valence-electron chi connectivity index (χ2n) is 10.0. The summed E-state index contributed by atoms with van der Waals surface area (Å²) in [7, 11) is 0.571. The molecule has 18 heteroatoms. The maximum Gasteiger partial charge on any atom is 0.362 e. The van der Waals surface area contributed by atoms with E-state index < -0.39 is 70.0 Å². The number of thiazole rings is 1. The first-order valence-electron chi connectivity index (χ1n) is 11.1. The number of likely N-dealkylation sites (N-methyl/N-ethyl adjacent to an activating group) is 1. The number of nitrogens with zero attached hydrogens (tertiary/aromatic N) is 4. The molecule has 1 fully saturated rings. The van der Waals surface area contributed by atoms with Crippen LogP contribution in [0.5, 0.6) is 0 Å². The van der Waals surface area contributed by atoms with Gasteiger partial charge in [-0.3, -0.25) is 18.9 Å². The van der Waals surface area contributed by atoms with E-state index in [0.29, 0.717) is 4.48 Å². The number of quaternary nitrogens is 1. The number of nitrogen functional groups attached to an aromatic ring is 1. The number of hydrogen-bond acceptors (Lipinski definition) is 12. The van der Waals surface area contributed by atoms with Crippen molar-refractivity contribution in [2.24, 2.45) is 5.16 Å². The first-order valence-corrected chi connectivity index (χ1v) is 13.3. The Balaban J connectivity index is 2.25. The Morgan fingerprint density at radius 1 is 1.34 bits per heavy atom. The Labute approximate surface area is 222 Å². The summed E-state index contributed by atoms with van der Waals surface area (Å²) in [6.45, 7) is 4.05. The number of hydrogen-bond donors (Lipinski definition) is 4. The van der Waals surface area contributed by atoms with Crippen LogP contribution in [-0.2, 0) is 39.1 Å². The molecule has 1 aromatic rings. The van der Waals surface area contributed by atoms with E-state index in [0.717, 1.165) is 11.3 Å². The number of aromatic nitrogens is 1. The lowest BCUT2D eigenvalue weighted by molar-refractivity contribution is -0.873. The van der Waals surface area contributed by atoms with Crippen LogP contribution < -0.4 is 11.1 Å². The number of carbonyl (C=O) groups is 4. The van der Waals surface area contributed by atoms with Gasteiger partial charge in [0.2, 0.25) is 5.60 Å². The molecule has 3 atom stereocenters. The fraction of sp³-hybridized carbons (Fsp3) is 0.600. The van der Waals surface area contributed by atoms with Crippen LogP contribution in [0, 0.1) is 0 Å². The smallest absolute Gasteiger partial charge is 0.362 e. The van der Waals surface area contributed by atoms with Gasteiger partial charge in [-0.25, -0.2) is 14.1 Å². The molecule has 212 valence electrons. The number of nitrogens with one attached hydrogen (secondary N) is 1. The lowest BCUT2D eigenvalue weighted by Gasteiger charge is -2.42. The van der Waals surface area contributed by atoms with Gasteiger partial charge in [0, 0.05) is 5.38 Å². The van der Waals surface area contributed by atoms with Crippen molar-refractivity contribution in [3.05, 3.63) is 11.1 Å². The van der Waals surface area contributed by atoms with E-state index in [1.807, 2.05) is 0 Å². The maximum atomic E-state index is 13.0. The van der Waals surface area contributed by atoms with Crippen molar-refractivity contribution in [1.82, 2.24) is 14.6 Å². The van der Waals surface area contributed by atoms with Gasteiger partial charge in [-0.2, -0.15) is 8.42 Å². The van der Waals surface area contributed by atoms with Gasteiger partial charge in [0.25, 0.3) is 11.8 Å². The third-order valence-corrected chi connectivity index (χ3v) is 6.82. The van der Waals surface area contributed by atoms with Crippen LogP contribution in [-0.4, -0.2) is 113 Å². The largest absolute Gasteiger partial charge is 0.481 e. The molecule has 1 aliphatic rings. The standard InChI is InChI=1S/C20H30N6O10S2/c1-10-14(17(30)25(10)38(32,33)34)23-16(29)15(12-9-37-19(21)22-12)24-36-20(2,3)18(31)35-11(7-13(27)28)8-26(4,5)6/h9-11,14H,7-8H2,1-6H3,(H4-,21,22,23,27,28,29,32,33,34)/p+1/b24-15-/t10-,11?,14-/m0/s1. The van der Waals surface area contributed by atoms with E-state index in [4.69, 9.17) is 19.9 Å². The molecule has 0 aliphatic carbocycles. The summed E-state index contributed by atoms with van der Waals surface area (Å²) in [5.41, 5.74) is 3.30. The summed E-state index contributed by atoms with van der Waals surface area (Å²) in [4.78, 5) is 58.5. The van der Waals surface area contributed by atoms with Gasteiger partial charge in [-0.1, -0.05) is 5.16 Å². The Kier molecular flexibility index (Phi) is 9.08. The summed E-state index contributed by atoms with van der Waals surface area (Å²) < 4.78 is 37.7. The molecule has 1 saturated heterocycles. The number of rotatable bonds is 12. The molecule has 1 aromatic heterocycles. The Morgan fingerprint density at radius 3 is 2.39 bits per heavy atom. The van der Waals surface area contributed by atoms with Crippen molar-refractivity contribution in [3.63, 3.8) is 0 Å². The molecule has 0 bridgehead atoms. The van der Waals surface area contributed by atoms with Crippen molar-refractivity contribution < 1.29 is 51.3 Å². The maximum absolute atomic E-state index is 13.0. The van der Waals surface area contributed by atoms with Crippen LogP contribution in [0.25, 0.3) is 0 Å². The van der Waals surface area contributed by atoms with E-state index in [2.05, 4.69) is 15.5 Å². The fourth-order valence-electron chi connectivity index (χ4n) is 3.35. The fourth-order valence-corrected chi connectivity index (χ4v) is 4.78. The molecular weight excluding hydrogens is 548 g/mol. The molecule has 2 amide bonds. The highest BCUT2D eigenvalue weighted by Crippen LogP contribution is 2.24. The van der Waals surface area contributed by atoms with Gasteiger partial charge >= 0.3 is 22.2 Å². The zero-order valence-corrected chi connectivity index (χ0v) is 23.2. The number of carboxylic acids is 1. The summed E-state index contributed by atoms with van der Waals surface area (Å²) >= 11 is 0.966. The molecule has 0 spiro atoms. The number of ether oxygens (including phenoxy) is 1. The summed E-state index contributed by atoms with van der Waals surface area (Å²) in [6, 6.07) is -2.40. The third-order valence-electron chi connectivity index (χ3n) is 5.13. The Bertz CT molecular complexity index is 1240. The van der Waals surface area contributed by atoms with Crippen LogP contribution in [0.15, 0.2) is 10.5 Å². The lowest BCUT2D eigenvalue weighted by Crippen LogP contribution is -2.71. The van der Waals surface area contributed by atoms with Crippen molar-refractivity contribution >= 4 is 56.2 Å². The molecule has 5 N–H and O–H groups in total. The molecule has 1 unspecified atom stereocenters. The second-order valence-corrected chi connectivity index (χ2v) is 12.2. The predicted octanol–water partition coefficient (Wildman–Crippen LogP) is -1.16. The van der Waals surface area contributed by atoms with Crippen LogP contribution in [0.4, 0.5) is 5.13 Å². The summed E-state index contributed by atoms with van der Waals surface area (Å²) in [5.74, 6) is -4.20. The van der Waals surface area contributed by atoms with Gasteiger partial charge in [-0.05, 0) is 20.8 Å². The van der Waals surface area contributed by atoms with Crippen LogP contribution in [0.2, 0.25) is 0 Å². The monoisotopic (exact) mass is 579 g/mol. The van der Waals surface area contributed by atoms with Crippen molar-refractivity contribution in [1.29, 1.82) is 0 Å². The highest BCUT2D eigenvalue weighted by molar-refractivity contribution is 7.84. The molecule has 38 heavy (non-hydrogen) atoms. The minimum Gasteiger partial charge on any atom is -0.481 e. The summed E-state index contributed by atoms with van der Waals surface area (Å²) in [6.07, 6.45) is -1.43. The lowest BCUT2D eigenvalue weighted by atomic mass is 10.0. The minimum absolute atomic E-state index is 0.0611. The number of oxime groups is 1. The number of carboxylic acid groups (broad SMARTS) is 1. The Hall–Kier alpha value is -3.35. The molecule has 0 radical (unpaired) electrons. The molecule has 1 aliphatic heterocycles. The summed E-state index contributed by atoms with van der Waals surface area (Å²) in [5, 5.41) is 16.7. The average molecular weight is 580 g/mol. The number of amides is 2. The zero-order chi connectivity index (χ0) is 29.2. The minimum atomic E-state index is -4.81. The van der Waals surface area contributed by atoms with Gasteiger partial charge < -0.3 is 30.2 Å². The zero-order valence-electron chi connectivity index (χ0n) is 21.6. The molecule has 2 heterocycles. The molecule has 2 rings (SSSR count). The topological polar surface area (TPSA) is 228 Å². The van der Waals surface area contributed by atoms with Gasteiger partial charge in [0.15, 0.2) is 16.9 Å². The first-order chi connectivity index (χ1) is 17.2. The van der Waals surface area contributed by atoms with Crippen LogP contribution in [0.1, 0.15) is 32.9 Å². The van der Waals surface area contributed by atoms with Crippen LogP contribution >= 0.6 is 11.3 Å². The molecular formula is C20H31N6O10S2+. The van der Waals surface area contributed by atoms with Crippen molar-refractivity contribution in [3.8, 4) is 0 Å². The van der Waals surface area contributed by atoms with Gasteiger partial charge in [-0.15, -0.1) is 11.3 Å². The molecule has 16 nitrogen and oxygen atoms in total. The van der Waals surface area contributed by atoms with Crippen LogP contribution in [0.3, 0.4) is 0 Å². The van der Waals surface area contributed by atoms with Gasteiger partial charge in [0.1, 0.15) is 18.3 Å². The number of anilines is 1.